The molecule has 4 bridgehead atoms. The number of allylic oxidation sites excluding steroid dienone is 1. The fourth-order valence-electron chi connectivity index (χ4n) is 7.41. The van der Waals surface area contributed by atoms with Gasteiger partial charge in [0, 0.05) is 24.4 Å². The molecule has 3 heterocycles. The van der Waals surface area contributed by atoms with Crippen molar-refractivity contribution >= 4 is 36.0 Å². The summed E-state index contributed by atoms with van der Waals surface area (Å²) in [7, 11) is -2.55. The standard InChI is InChI=1S/C37H51N2O9P/c1-8-26-19-37(26,49(43,44)47-9-2)20-31(40)30-17-27-21-39(30)35(42)29(36(4,5)6)18-33(41)46-22-23(3)11-10-12-25-15-28-24(16-32(25)45-7)13-14-38-34(28)48-27/h8,13-16,23,26-27,29-30H,1,9-12,17-22H2,2-7H3,(H,43,44)/t23-,26?,27-,29-,30+,37?/m1/s1. The van der Waals surface area contributed by atoms with Crippen LogP contribution in [-0.2, 0) is 34.6 Å². The first-order valence-corrected chi connectivity index (χ1v) is 18.9. The number of cyclic esters (lactones) is 1. The summed E-state index contributed by atoms with van der Waals surface area (Å²) < 4.78 is 36.7. The molecule has 1 aromatic carbocycles. The Hall–Kier alpha value is -3.27. The molecule has 1 aliphatic carbocycles. The summed E-state index contributed by atoms with van der Waals surface area (Å²) in [5.41, 5.74) is 0.361. The van der Waals surface area contributed by atoms with Crippen LogP contribution in [0.25, 0.3) is 10.8 Å². The number of aryl methyl sites for hydroxylation is 1. The Morgan fingerprint density at radius 2 is 2.04 bits per heavy atom. The molecular formula is C37H51N2O9P. The molecular weight excluding hydrogens is 647 g/mol. The second kappa shape index (κ2) is 14.5. The molecule has 268 valence electrons. The number of pyridine rings is 1. The molecule has 1 aromatic heterocycles. The summed E-state index contributed by atoms with van der Waals surface area (Å²) in [4.78, 5) is 59.0. The van der Waals surface area contributed by atoms with Crippen LogP contribution < -0.4 is 9.47 Å². The van der Waals surface area contributed by atoms with E-state index in [9.17, 15) is 23.8 Å². The lowest BCUT2D eigenvalue weighted by Gasteiger charge is -2.35. The molecule has 3 aliphatic rings. The van der Waals surface area contributed by atoms with Gasteiger partial charge in [0.05, 0.1) is 50.4 Å². The lowest BCUT2D eigenvalue weighted by molar-refractivity contribution is -0.153. The number of Topliss-reactive ketones (excluding diaryl/α,β-unsaturated/α-hetero) is 1. The first-order valence-electron chi connectivity index (χ1n) is 17.3. The van der Waals surface area contributed by atoms with Crippen LogP contribution in [0.15, 0.2) is 37.1 Å². The monoisotopic (exact) mass is 698 g/mol. The molecule has 11 nitrogen and oxygen atoms in total. The number of ketones is 1. The molecule has 1 N–H and O–H groups in total. The predicted molar refractivity (Wildman–Crippen MR) is 186 cm³/mol. The highest BCUT2D eigenvalue weighted by Crippen LogP contribution is 2.73. The third-order valence-electron chi connectivity index (χ3n) is 10.4. The first kappa shape index (κ1) is 37.0. The Labute approximate surface area is 289 Å². The van der Waals surface area contributed by atoms with Crippen molar-refractivity contribution < 1.29 is 42.6 Å². The van der Waals surface area contributed by atoms with Gasteiger partial charge in [-0.25, -0.2) is 4.98 Å². The average Bonchev–Trinajstić information content (AvgIpc) is 3.61. The number of esters is 1. The summed E-state index contributed by atoms with van der Waals surface area (Å²) in [6.45, 7) is 13.5. The van der Waals surface area contributed by atoms with Gasteiger partial charge in [0.1, 0.15) is 11.9 Å². The normalized spacial score (nSPS) is 29.4. The smallest absolute Gasteiger partial charge is 0.335 e. The van der Waals surface area contributed by atoms with Crippen LogP contribution in [0.5, 0.6) is 11.6 Å². The quantitative estimate of drug-likeness (QED) is 0.190. The fraction of sp³-hybridized carbons (Fsp3) is 0.622. The maximum atomic E-state index is 14.5. The van der Waals surface area contributed by atoms with Crippen LogP contribution in [0.3, 0.4) is 0 Å². The van der Waals surface area contributed by atoms with Crippen LogP contribution in [0.1, 0.15) is 78.7 Å². The van der Waals surface area contributed by atoms with Gasteiger partial charge in [-0.15, -0.1) is 6.58 Å². The second-order valence-electron chi connectivity index (χ2n) is 15.0. The fourth-order valence-corrected chi connectivity index (χ4v) is 9.33. The van der Waals surface area contributed by atoms with Gasteiger partial charge in [-0.3, -0.25) is 18.9 Å². The minimum absolute atomic E-state index is 0.0191. The Bertz CT molecular complexity index is 1640. The van der Waals surface area contributed by atoms with Crippen molar-refractivity contribution in [2.45, 2.75) is 96.9 Å². The van der Waals surface area contributed by atoms with Crippen molar-refractivity contribution in [3.63, 3.8) is 0 Å². The highest BCUT2D eigenvalue weighted by molar-refractivity contribution is 7.55. The number of fused-ring (bicyclic) bond motifs is 3. The van der Waals surface area contributed by atoms with Gasteiger partial charge in [0.15, 0.2) is 5.78 Å². The number of ether oxygens (including phenoxy) is 3. The Balaban J connectivity index is 1.54. The van der Waals surface area contributed by atoms with Gasteiger partial charge in [-0.05, 0) is 79.0 Å². The molecule has 1 saturated carbocycles. The molecule has 0 radical (unpaired) electrons. The van der Waals surface area contributed by atoms with Crippen LogP contribution >= 0.6 is 7.60 Å². The van der Waals surface area contributed by atoms with Crippen LogP contribution in [0, 0.1) is 23.2 Å². The molecule has 2 fully saturated rings. The highest BCUT2D eigenvalue weighted by Gasteiger charge is 2.66. The van der Waals surface area contributed by atoms with Crippen LogP contribution in [0.4, 0.5) is 0 Å². The van der Waals surface area contributed by atoms with E-state index < -0.39 is 42.2 Å². The summed E-state index contributed by atoms with van der Waals surface area (Å²) in [6, 6.07) is 4.93. The number of carbonyl (C=O) groups is 3. The van der Waals surface area contributed by atoms with E-state index in [0.29, 0.717) is 5.88 Å². The van der Waals surface area contributed by atoms with Crippen molar-refractivity contribution in [3.05, 3.63) is 42.6 Å². The van der Waals surface area contributed by atoms with E-state index >= 15 is 0 Å². The zero-order valence-electron chi connectivity index (χ0n) is 29.6. The van der Waals surface area contributed by atoms with Crippen molar-refractivity contribution in [3.8, 4) is 11.6 Å². The first-order chi connectivity index (χ1) is 23.1. The zero-order valence-corrected chi connectivity index (χ0v) is 30.5. The lowest BCUT2D eigenvalue weighted by Crippen LogP contribution is -2.48. The lowest BCUT2D eigenvalue weighted by atomic mass is 9.77. The number of amides is 1. The molecule has 1 amide bonds. The molecule has 2 aliphatic heterocycles. The third-order valence-corrected chi connectivity index (χ3v) is 12.9. The summed E-state index contributed by atoms with van der Waals surface area (Å²) in [6.07, 6.45) is 5.10. The van der Waals surface area contributed by atoms with E-state index in [1.165, 1.54) is 4.90 Å². The SMILES string of the molecule is C=CC1CC1(CC(=O)[C@@H]1C[C@@H]2CN1C(=O)[C@H](C(C)(C)C)CC(=O)OC[C@H](C)CCCc1cc3c(nccc3cc1OC)O2)P(=O)(O)OCC. The second-order valence-corrected chi connectivity index (χ2v) is 17.2. The largest absolute Gasteiger partial charge is 0.496 e. The molecule has 7 atom stereocenters. The van der Waals surface area contributed by atoms with Gasteiger partial charge in [-0.1, -0.05) is 33.8 Å². The van der Waals surface area contributed by atoms with E-state index in [1.54, 1.807) is 26.3 Å². The Kier molecular flexibility index (Phi) is 11.0. The third kappa shape index (κ3) is 7.74. The molecule has 49 heavy (non-hydrogen) atoms. The molecule has 0 spiro atoms. The minimum atomic E-state index is -4.19. The average molecular weight is 699 g/mol. The summed E-state index contributed by atoms with van der Waals surface area (Å²) >= 11 is 0. The summed E-state index contributed by atoms with van der Waals surface area (Å²) in [5.74, 6) is -1.08. The van der Waals surface area contributed by atoms with E-state index in [0.717, 1.165) is 41.3 Å². The molecule has 12 heteroatoms. The maximum absolute atomic E-state index is 14.5. The van der Waals surface area contributed by atoms with Crippen molar-refractivity contribution in [2.75, 3.05) is 26.9 Å². The van der Waals surface area contributed by atoms with Crippen molar-refractivity contribution in [2.24, 2.45) is 23.2 Å². The van der Waals surface area contributed by atoms with Crippen LogP contribution in [0.2, 0.25) is 0 Å². The van der Waals surface area contributed by atoms with Gasteiger partial charge < -0.3 is 28.5 Å². The van der Waals surface area contributed by atoms with E-state index in [4.69, 9.17) is 18.7 Å². The number of hydrogen-bond donors (Lipinski definition) is 1. The van der Waals surface area contributed by atoms with Gasteiger partial charge >= 0.3 is 13.6 Å². The number of benzene rings is 1. The molecule has 1 saturated heterocycles. The predicted octanol–water partition coefficient (Wildman–Crippen LogP) is 6.29. The topological polar surface area (TPSA) is 142 Å². The summed E-state index contributed by atoms with van der Waals surface area (Å²) in [5, 5.41) is 0.385. The van der Waals surface area contributed by atoms with Gasteiger partial charge in [-0.2, -0.15) is 0 Å². The van der Waals surface area contributed by atoms with E-state index in [-0.39, 0.29) is 69.0 Å². The van der Waals surface area contributed by atoms with E-state index in [2.05, 4.69) is 11.6 Å². The Morgan fingerprint density at radius 1 is 1.29 bits per heavy atom. The maximum Gasteiger partial charge on any atom is 0.335 e. The molecule has 5 rings (SSSR count). The van der Waals surface area contributed by atoms with Crippen molar-refractivity contribution in [1.29, 1.82) is 0 Å². The number of rotatable bonds is 8. The zero-order chi connectivity index (χ0) is 35.7. The van der Waals surface area contributed by atoms with Crippen molar-refractivity contribution in [1.82, 2.24) is 9.88 Å². The van der Waals surface area contributed by atoms with E-state index in [1.807, 2.05) is 45.9 Å². The number of methoxy groups -OCH3 is 1. The number of aromatic nitrogens is 1. The number of hydrogen-bond acceptors (Lipinski definition) is 9. The molecule has 2 aromatic rings. The number of carbonyl (C=O) groups excluding carboxylic acids is 3. The van der Waals surface area contributed by atoms with Gasteiger partial charge in [0.25, 0.3) is 0 Å². The number of nitrogens with zero attached hydrogens (tertiary/aromatic N) is 2. The Morgan fingerprint density at radius 3 is 2.69 bits per heavy atom. The minimum Gasteiger partial charge on any atom is -0.496 e. The molecule has 3 unspecified atom stereocenters. The van der Waals surface area contributed by atoms with Gasteiger partial charge in [0.2, 0.25) is 11.8 Å². The van der Waals surface area contributed by atoms with Crippen LogP contribution in [-0.4, -0.2) is 76.6 Å². The highest BCUT2D eigenvalue weighted by atomic mass is 31.2.